The van der Waals surface area contributed by atoms with E-state index < -0.39 is 39.7 Å². The first kappa shape index (κ1) is 23.3. The Morgan fingerprint density at radius 1 is 0.941 bits per heavy atom. The number of hydrogen-bond acceptors (Lipinski definition) is 5. The molecule has 4 rings (SSSR count). The van der Waals surface area contributed by atoms with Gasteiger partial charge in [-0.05, 0) is 48.5 Å². The van der Waals surface area contributed by atoms with Crippen molar-refractivity contribution in [2.45, 2.75) is 23.6 Å². The zero-order valence-corrected chi connectivity index (χ0v) is 18.1. The summed E-state index contributed by atoms with van der Waals surface area (Å²) in [6, 6.07) is 15.7. The van der Waals surface area contributed by atoms with Crippen molar-refractivity contribution >= 4 is 33.3 Å². The van der Waals surface area contributed by atoms with Gasteiger partial charge >= 0.3 is 12.1 Å². The van der Waals surface area contributed by atoms with Crippen LogP contribution in [0.5, 0.6) is 0 Å². The molecule has 0 spiro atoms. The molecule has 0 aliphatic carbocycles. The van der Waals surface area contributed by atoms with Crippen molar-refractivity contribution in [1.29, 1.82) is 0 Å². The van der Waals surface area contributed by atoms with Crippen molar-refractivity contribution in [3.8, 4) is 0 Å². The Bertz CT molecular complexity index is 1360. The minimum atomic E-state index is -4.61. The highest BCUT2D eigenvalue weighted by Crippen LogP contribution is 2.33. The molecule has 0 saturated heterocycles. The highest BCUT2D eigenvalue weighted by atomic mass is 32.2. The van der Waals surface area contributed by atoms with E-state index in [-0.39, 0.29) is 17.0 Å². The number of esters is 1. The molecule has 0 aromatic heterocycles. The van der Waals surface area contributed by atoms with Crippen molar-refractivity contribution in [2.75, 3.05) is 10.0 Å². The summed E-state index contributed by atoms with van der Waals surface area (Å²) in [7, 11) is -4.17. The van der Waals surface area contributed by atoms with Gasteiger partial charge in [-0.2, -0.15) is 13.2 Å². The van der Waals surface area contributed by atoms with Gasteiger partial charge in [-0.15, -0.1) is 0 Å². The molecule has 3 aromatic carbocycles. The fourth-order valence-corrected chi connectivity index (χ4v) is 4.49. The van der Waals surface area contributed by atoms with Gasteiger partial charge in [-0.25, -0.2) is 13.2 Å². The third-order valence-corrected chi connectivity index (χ3v) is 6.44. The van der Waals surface area contributed by atoms with E-state index in [2.05, 4.69) is 10.0 Å². The molecule has 34 heavy (non-hydrogen) atoms. The first-order valence-electron chi connectivity index (χ1n) is 9.93. The average molecular weight is 490 g/mol. The summed E-state index contributed by atoms with van der Waals surface area (Å²) in [5, 5.41) is 2.60. The third-order valence-electron chi connectivity index (χ3n) is 5.04. The van der Waals surface area contributed by atoms with Gasteiger partial charge in [-0.3, -0.25) is 9.52 Å². The standard InChI is InChI=1S/C23H17F3N2O5S/c24-23(25,26)14-4-3-5-16(12-14)28-34(31,32)17-10-8-15(9-11-17)27-21(29)13-20-18-6-1-2-7-19(18)22(30)33-20/h1-12,20,28H,13H2,(H,27,29)/t20-/m1/s1. The molecule has 1 aliphatic rings. The summed E-state index contributed by atoms with van der Waals surface area (Å²) in [5.74, 6) is -0.955. The van der Waals surface area contributed by atoms with E-state index in [1.807, 2.05) is 0 Å². The summed E-state index contributed by atoms with van der Waals surface area (Å²) >= 11 is 0. The topological polar surface area (TPSA) is 102 Å². The molecule has 0 saturated carbocycles. The number of anilines is 2. The van der Waals surface area contributed by atoms with Crippen LogP contribution in [0.4, 0.5) is 24.5 Å². The van der Waals surface area contributed by atoms with E-state index in [9.17, 15) is 31.2 Å². The molecule has 0 bridgehead atoms. The molecule has 1 amide bonds. The Labute approximate surface area is 192 Å². The molecule has 1 atom stereocenters. The molecule has 7 nitrogen and oxygen atoms in total. The number of benzene rings is 3. The largest absolute Gasteiger partial charge is 0.453 e. The molecule has 0 radical (unpaired) electrons. The number of hydrogen-bond donors (Lipinski definition) is 2. The van der Waals surface area contributed by atoms with Crippen molar-refractivity contribution in [1.82, 2.24) is 0 Å². The monoisotopic (exact) mass is 490 g/mol. The smallest absolute Gasteiger partial charge is 0.416 e. The molecule has 2 N–H and O–H groups in total. The lowest BCUT2D eigenvalue weighted by Gasteiger charge is -2.13. The van der Waals surface area contributed by atoms with E-state index in [0.29, 0.717) is 22.9 Å². The molecule has 11 heteroatoms. The first-order valence-corrected chi connectivity index (χ1v) is 11.4. The number of halogens is 3. The number of nitrogens with one attached hydrogen (secondary N) is 2. The van der Waals surface area contributed by atoms with Crippen LogP contribution in [0.1, 0.15) is 34.0 Å². The Hall–Kier alpha value is -3.86. The van der Waals surface area contributed by atoms with E-state index in [0.717, 1.165) is 12.1 Å². The SMILES string of the molecule is O=C(C[C@H]1OC(=O)c2ccccc21)Nc1ccc(S(=O)(=O)Nc2cccc(C(F)(F)F)c2)cc1. The van der Waals surface area contributed by atoms with Gasteiger partial charge in [0.05, 0.1) is 22.4 Å². The fourth-order valence-electron chi connectivity index (χ4n) is 3.44. The van der Waals surface area contributed by atoms with E-state index >= 15 is 0 Å². The summed E-state index contributed by atoms with van der Waals surface area (Å²) in [6.45, 7) is 0. The van der Waals surface area contributed by atoms with Crippen LogP contribution in [0, 0.1) is 0 Å². The predicted molar refractivity (Wildman–Crippen MR) is 117 cm³/mol. The van der Waals surface area contributed by atoms with E-state index in [1.165, 1.54) is 30.3 Å². The van der Waals surface area contributed by atoms with E-state index in [4.69, 9.17) is 4.74 Å². The molecular formula is C23H17F3N2O5S. The number of cyclic esters (lactones) is 1. The Morgan fingerprint density at radius 3 is 2.35 bits per heavy atom. The maximum atomic E-state index is 12.9. The van der Waals surface area contributed by atoms with Crippen molar-refractivity contribution in [3.05, 3.63) is 89.5 Å². The van der Waals surface area contributed by atoms with Crippen molar-refractivity contribution in [3.63, 3.8) is 0 Å². The molecule has 1 heterocycles. The summed E-state index contributed by atoms with van der Waals surface area (Å²) < 4.78 is 71.0. The van der Waals surface area contributed by atoms with Gasteiger partial charge in [0.25, 0.3) is 10.0 Å². The highest BCUT2D eigenvalue weighted by molar-refractivity contribution is 7.92. The average Bonchev–Trinajstić information content (AvgIpc) is 3.09. The number of alkyl halides is 3. The maximum Gasteiger partial charge on any atom is 0.416 e. The van der Waals surface area contributed by atoms with Crippen LogP contribution < -0.4 is 10.0 Å². The maximum absolute atomic E-state index is 12.9. The van der Waals surface area contributed by atoms with Crippen LogP contribution in [-0.2, 0) is 25.7 Å². The summed E-state index contributed by atoms with van der Waals surface area (Å²) in [6.07, 6.45) is -5.46. The van der Waals surface area contributed by atoms with E-state index in [1.54, 1.807) is 24.3 Å². The lowest BCUT2D eigenvalue weighted by Crippen LogP contribution is -2.16. The van der Waals surface area contributed by atoms with Crippen molar-refractivity contribution in [2.24, 2.45) is 0 Å². The fraction of sp³-hybridized carbons (Fsp3) is 0.130. The second kappa shape index (κ2) is 8.82. The Kier molecular flexibility index (Phi) is 6.05. The quantitative estimate of drug-likeness (QED) is 0.486. The van der Waals surface area contributed by atoms with Crippen molar-refractivity contribution < 1.29 is 35.9 Å². The first-order chi connectivity index (χ1) is 16.0. The van der Waals surface area contributed by atoms with Gasteiger partial charge in [0.15, 0.2) is 0 Å². The van der Waals surface area contributed by atoms with Crippen LogP contribution in [-0.4, -0.2) is 20.3 Å². The van der Waals surface area contributed by atoms with Crippen LogP contribution in [0.3, 0.4) is 0 Å². The lowest BCUT2D eigenvalue weighted by molar-refractivity contribution is -0.137. The number of fused-ring (bicyclic) bond motifs is 1. The minimum absolute atomic E-state index is 0.125. The molecule has 3 aromatic rings. The molecule has 176 valence electrons. The number of sulfonamides is 1. The Morgan fingerprint density at radius 2 is 1.65 bits per heavy atom. The number of ether oxygens (including phenoxy) is 1. The number of rotatable bonds is 6. The van der Waals surface area contributed by atoms with Crippen LogP contribution >= 0.6 is 0 Å². The summed E-state index contributed by atoms with van der Waals surface area (Å²) in [4.78, 5) is 24.1. The number of amides is 1. The molecule has 1 aliphatic heterocycles. The Balaban J connectivity index is 1.41. The summed E-state index contributed by atoms with van der Waals surface area (Å²) in [5.41, 5.74) is 0.0911. The normalized spacial score (nSPS) is 15.4. The number of carbonyl (C=O) groups is 2. The van der Waals surface area contributed by atoms with Gasteiger partial charge in [0.1, 0.15) is 6.10 Å². The minimum Gasteiger partial charge on any atom is -0.453 e. The second-order valence-corrected chi connectivity index (χ2v) is 9.12. The molecular weight excluding hydrogens is 473 g/mol. The van der Waals surface area contributed by atoms with Gasteiger partial charge in [0, 0.05) is 16.9 Å². The zero-order chi connectivity index (χ0) is 24.5. The van der Waals surface area contributed by atoms with Crippen LogP contribution in [0.15, 0.2) is 77.7 Å². The van der Waals surface area contributed by atoms with Gasteiger partial charge in [0.2, 0.25) is 5.91 Å². The van der Waals surface area contributed by atoms with Gasteiger partial charge in [-0.1, -0.05) is 24.3 Å². The lowest BCUT2D eigenvalue weighted by atomic mass is 10.0. The highest BCUT2D eigenvalue weighted by Gasteiger charge is 2.32. The number of carbonyl (C=O) groups excluding carboxylic acids is 2. The molecule has 0 unspecified atom stereocenters. The third kappa shape index (κ3) is 5.04. The van der Waals surface area contributed by atoms with Gasteiger partial charge < -0.3 is 10.1 Å². The predicted octanol–water partition coefficient (Wildman–Crippen LogP) is 4.75. The molecule has 0 fully saturated rings. The zero-order valence-electron chi connectivity index (χ0n) is 17.3. The van der Waals surface area contributed by atoms with Crippen LogP contribution in [0.25, 0.3) is 0 Å². The van der Waals surface area contributed by atoms with Crippen LogP contribution in [0.2, 0.25) is 0 Å². The second-order valence-electron chi connectivity index (χ2n) is 7.44.